The molecule has 9 rings (SSSR count). The van der Waals surface area contributed by atoms with Crippen LogP contribution >= 0.6 is 0 Å². The SMILES string of the molecule is Cc1c2cnc3c1nnn3CCCCCCc1cnc(nc1)C(=O)N1CCc3ccc(cc3C1)C2CC(=O)O. The molecule has 0 saturated heterocycles. The molecule has 1 amide bonds. The molecule has 39 heavy (non-hydrogen) atoms. The van der Waals surface area contributed by atoms with E-state index in [1.807, 2.05) is 23.7 Å². The number of hydrogen-bond acceptors (Lipinski definition) is 7. The molecule has 1 N–H and O–H groups in total. The number of hydrogen-bond donors (Lipinski definition) is 1. The van der Waals surface area contributed by atoms with E-state index in [0.717, 1.165) is 84.1 Å². The molecule has 3 aromatic heterocycles. The number of carboxylic acid groups (broad SMARTS) is 1. The number of benzene rings is 1. The van der Waals surface area contributed by atoms with Crippen LogP contribution in [0.2, 0.25) is 0 Å². The molecule has 5 aliphatic heterocycles. The Labute approximate surface area is 226 Å². The van der Waals surface area contributed by atoms with Gasteiger partial charge < -0.3 is 10.0 Å². The van der Waals surface area contributed by atoms with Crippen molar-refractivity contribution >= 4 is 23.0 Å². The highest BCUT2D eigenvalue weighted by Gasteiger charge is 2.27. The summed E-state index contributed by atoms with van der Waals surface area (Å²) in [5, 5.41) is 18.6. The molecule has 9 bridgehead atoms. The van der Waals surface area contributed by atoms with Gasteiger partial charge in [0.1, 0.15) is 5.52 Å². The lowest BCUT2D eigenvalue weighted by Crippen LogP contribution is -2.37. The molecule has 10 nitrogen and oxygen atoms in total. The second kappa shape index (κ2) is 10.5. The Morgan fingerprint density at radius 3 is 2.64 bits per heavy atom. The van der Waals surface area contributed by atoms with Crippen molar-refractivity contribution < 1.29 is 14.7 Å². The smallest absolute Gasteiger partial charge is 0.304 e. The zero-order valence-corrected chi connectivity index (χ0v) is 22.0. The second-order valence-electron chi connectivity index (χ2n) is 10.6. The first-order chi connectivity index (χ1) is 19.0. The fourth-order valence-electron chi connectivity index (χ4n) is 5.77. The van der Waals surface area contributed by atoms with Gasteiger partial charge in [-0.1, -0.05) is 36.3 Å². The van der Waals surface area contributed by atoms with Gasteiger partial charge in [0, 0.05) is 44.1 Å². The minimum atomic E-state index is -0.889. The lowest BCUT2D eigenvalue weighted by atomic mass is 9.84. The van der Waals surface area contributed by atoms with Crippen LogP contribution in [0.3, 0.4) is 0 Å². The van der Waals surface area contributed by atoms with E-state index >= 15 is 0 Å². The van der Waals surface area contributed by atoms with Gasteiger partial charge in [-0.05, 0) is 66.0 Å². The molecule has 4 aromatic rings. The molecule has 0 spiro atoms. The number of pyridine rings is 1. The molecule has 10 heteroatoms. The number of rotatable bonds is 2. The molecule has 5 aliphatic rings. The van der Waals surface area contributed by atoms with Crippen molar-refractivity contribution in [3.63, 3.8) is 0 Å². The van der Waals surface area contributed by atoms with E-state index in [-0.39, 0.29) is 18.2 Å². The predicted molar refractivity (Wildman–Crippen MR) is 143 cm³/mol. The second-order valence-corrected chi connectivity index (χ2v) is 10.6. The molecule has 1 atom stereocenters. The number of aryl methyl sites for hydroxylation is 3. The van der Waals surface area contributed by atoms with Crippen molar-refractivity contribution in [1.29, 1.82) is 0 Å². The molecular formula is C29H31N7O3. The summed E-state index contributed by atoms with van der Waals surface area (Å²) in [6.07, 6.45) is 10.9. The largest absolute Gasteiger partial charge is 0.481 e. The Bertz CT molecular complexity index is 1550. The van der Waals surface area contributed by atoms with Gasteiger partial charge in [-0.25, -0.2) is 19.6 Å². The average molecular weight is 526 g/mol. The van der Waals surface area contributed by atoms with E-state index in [4.69, 9.17) is 4.98 Å². The highest BCUT2D eigenvalue weighted by atomic mass is 16.4. The summed E-state index contributed by atoms with van der Waals surface area (Å²) in [6.45, 7) is 3.71. The molecule has 0 radical (unpaired) electrons. The van der Waals surface area contributed by atoms with Crippen molar-refractivity contribution in [2.45, 2.75) is 70.9 Å². The number of carbonyl (C=O) groups is 2. The Hall–Kier alpha value is -4.21. The van der Waals surface area contributed by atoms with E-state index in [1.165, 1.54) is 0 Å². The van der Waals surface area contributed by atoms with Crippen LogP contribution in [0.25, 0.3) is 11.2 Å². The zero-order valence-electron chi connectivity index (χ0n) is 22.0. The van der Waals surface area contributed by atoms with Crippen LogP contribution < -0.4 is 0 Å². The number of nitrogens with zero attached hydrogens (tertiary/aromatic N) is 7. The Kier molecular flexibility index (Phi) is 6.76. The topological polar surface area (TPSA) is 127 Å². The number of amides is 1. The van der Waals surface area contributed by atoms with Crippen LogP contribution in [0.15, 0.2) is 36.8 Å². The minimum Gasteiger partial charge on any atom is -0.481 e. The standard InChI is InChI=1S/C29H31N7O3/c1-18-24-16-32-28-26(18)33-34-36(28)10-5-3-2-4-6-19-14-30-27(31-15-19)29(39)35-11-9-20-7-8-21(12-22(20)17-35)23(24)13-25(37)38/h7-8,12,14-16,23H,2-6,9-11,13,17H2,1H3,(H,37,38). The van der Waals surface area contributed by atoms with Gasteiger partial charge >= 0.3 is 5.97 Å². The summed E-state index contributed by atoms with van der Waals surface area (Å²) in [5.41, 5.74) is 7.25. The minimum absolute atomic E-state index is 0.0796. The monoisotopic (exact) mass is 525 g/mol. The molecular weight excluding hydrogens is 494 g/mol. The summed E-state index contributed by atoms with van der Waals surface area (Å²) in [7, 11) is 0. The zero-order chi connectivity index (χ0) is 26.9. The van der Waals surface area contributed by atoms with Crippen LogP contribution in [-0.4, -0.2) is 58.4 Å². The fourth-order valence-corrected chi connectivity index (χ4v) is 5.77. The van der Waals surface area contributed by atoms with E-state index in [9.17, 15) is 14.7 Å². The molecule has 1 unspecified atom stereocenters. The highest BCUT2D eigenvalue weighted by molar-refractivity contribution is 5.90. The third kappa shape index (κ3) is 4.98. The Balaban J connectivity index is 1.41. The maximum atomic E-state index is 13.3. The van der Waals surface area contributed by atoms with Crippen LogP contribution in [0, 0.1) is 6.92 Å². The first-order valence-corrected chi connectivity index (χ1v) is 13.6. The van der Waals surface area contributed by atoms with Gasteiger partial charge in [-0.15, -0.1) is 5.10 Å². The Morgan fingerprint density at radius 2 is 1.82 bits per heavy atom. The van der Waals surface area contributed by atoms with E-state index in [0.29, 0.717) is 18.6 Å². The van der Waals surface area contributed by atoms with E-state index < -0.39 is 11.9 Å². The van der Waals surface area contributed by atoms with Crippen LogP contribution in [0.4, 0.5) is 0 Å². The van der Waals surface area contributed by atoms with Gasteiger partial charge in [0.05, 0.1) is 6.42 Å². The van der Waals surface area contributed by atoms with Gasteiger partial charge in [-0.3, -0.25) is 9.59 Å². The molecule has 0 saturated carbocycles. The first-order valence-electron chi connectivity index (χ1n) is 13.6. The maximum absolute atomic E-state index is 13.3. The average Bonchev–Trinajstić information content (AvgIpc) is 3.36. The fraction of sp³-hybridized carbons (Fsp3) is 0.414. The summed E-state index contributed by atoms with van der Waals surface area (Å²) in [4.78, 5) is 40.5. The van der Waals surface area contributed by atoms with Gasteiger partial charge in [0.2, 0.25) is 5.82 Å². The number of carbonyl (C=O) groups excluding carboxylic acids is 1. The molecule has 0 aliphatic carbocycles. The highest BCUT2D eigenvalue weighted by Crippen LogP contribution is 2.34. The quantitative estimate of drug-likeness (QED) is 0.418. The molecule has 8 heterocycles. The normalized spacial score (nSPS) is 18.0. The first kappa shape index (κ1) is 25.1. The summed E-state index contributed by atoms with van der Waals surface area (Å²) in [6, 6.07) is 6.10. The van der Waals surface area contributed by atoms with Crippen molar-refractivity contribution in [3.05, 3.63) is 76.0 Å². The van der Waals surface area contributed by atoms with Crippen LogP contribution in [-0.2, 0) is 30.7 Å². The summed E-state index contributed by atoms with van der Waals surface area (Å²) in [5.74, 6) is -1.27. The van der Waals surface area contributed by atoms with Crippen molar-refractivity contribution in [1.82, 2.24) is 34.8 Å². The summed E-state index contributed by atoms with van der Waals surface area (Å²) < 4.78 is 1.85. The van der Waals surface area contributed by atoms with Gasteiger partial charge in [0.25, 0.3) is 5.91 Å². The lowest BCUT2D eigenvalue weighted by Gasteiger charge is -2.29. The van der Waals surface area contributed by atoms with Crippen LogP contribution in [0.5, 0.6) is 0 Å². The number of aliphatic carboxylic acids is 1. The van der Waals surface area contributed by atoms with E-state index in [1.54, 1.807) is 23.5 Å². The molecule has 1 aromatic carbocycles. The third-order valence-electron chi connectivity index (χ3n) is 7.99. The maximum Gasteiger partial charge on any atom is 0.304 e. The number of aromatic nitrogens is 6. The summed E-state index contributed by atoms with van der Waals surface area (Å²) >= 11 is 0. The molecule has 0 fully saturated rings. The third-order valence-corrected chi connectivity index (χ3v) is 7.99. The van der Waals surface area contributed by atoms with Gasteiger partial charge in [0.15, 0.2) is 5.65 Å². The predicted octanol–water partition coefficient (Wildman–Crippen LogP) is 3.85. The lowest BCUT2D eigenvalue weighted by molar-refractivity contribution is -0.137. The van der Waals surface area contributed by atoms with Crippen molar-refractivity contribution in [3.8, 4) is 0 Å². The Morgan fingerprint density at radius 1 is 1.00 bits per heavy atom. The van der Waals surface area contributed by atoms with Gasteiger partial charge in [-0.2, -0.15) is 0 Å². The van der Waals surface area contributed by atoms with Crippen LogP contribution in [0.1, 0.15) is 82.0 Å². The van der Waals surface area contributed by atoms with Crippen molar-refractivity contribution in [2.24, 2.45) is 0 Å². The van der Waals surface area contributed by atoms with E-state index in [2.05, 4.69) is 26.3 Å². The number of carboxylic acids is 1. The molecule has 200 valence electrons. The van der Waals surface area contributed by atoms with Crippen molar-refractivity contribution in [2.75, 3.05) is 6.54 Å².